The van der Waals surface area contributed by atoms with E-state index in [0.717, 1.165) is 0 Å². The van der Waals surface area contributed by atoms with Crippen LogP contribution in [-0.4, -0.2) is 25.7 Å². The van der Waals surface area contributed by atoms with Crippen LogP contribution < -0.4 is 11.1 Å². The van der Waals surface area contributed by atoms with Crippen LogP contribution in [0.15, 0.2) is 24.3 Å². The number of nitrogens with two attached hydrogens (primary N) is 1. The van der Waals surface area contributed by atoms with Crippen LogP contribution in [0.25, 0.3) is 0 Å². The van der Waals surface area contributed by atoms with E-state index >= 15 is 0 Å². The Morgan fingerprint density at radius 3 is 2.74 bits per heavy atom. The van der Waals surface area contributed by atoms with Gasteiger partial charge in [-0.2, -0.15) is 4.98 Å². The molecule has 1 aliphatic rings. The van der Waals surface area contributed by atoms with Crippen molar-refractivity contribution in [3.05, 3.63) is 35.5 Å². The van der Waals surface area contributed by atoms with E-state index in [4.69, 9.17) is 5.73 Å². The molecule has 1 aromatic carbocycles. The summed E-state index contributed by atoms with van der Waals surface area (Å²) in [5.41, 5.74) is 4.39. The molecule has 0 spiro atoms. The highest BCUT2D eigenvalue weighted by Gasteiger charge is 2.51. The third kappa shape index (κ3) is 1.30. The van der Waals surface area contributed by atoms with E-state index in [9.17, 15) is 15.0 Å². The normalized spacial score (nSPS) is 21.3. The lowest BCUT2D eigenvalue weighted by molar-refractivity contribution is -0.130. The molecule has 0 aliphatic carbocycles. The van der Waals surface area contributed by atoms with Gasteiger partial charge in [-0.05, 0) is 6.07 Å². The van der Waals surface area contributed by atoms with Gasteiger partial charge in [0.1, 0.15) is 5.69 Å². The van der Waals surface area contributed by atoms with E-state index in [1.165, 1.54) is 11.6 Å². The lowest BCUT2D eigenvalue weighted by Gasteiger charge is -2.21. The molecule has 0 saturated heterocycles. The number of carbonyl (C=O) groups excluding carboxylic acids is 1. The van der Waals surface area contributed by atoms with Gasteiger partial charge in [-0.1, -0.05) is 18.2 Å². The second kappa shape index (κ2) is 3.48. The molecule has 1 amide bonds. The lowest BCUT2D eigenvalue weighted by atomic mass is 9.92. The van der Waals surface area contributed by atoms with Gasteiger partial charge in [-0.25, -0.2) is 0 Å². The SMILES string of the molecule is Cn1c(N)nc(O)c1C1(O)C(=O)Nc2ccccc21. The molecule has 98 valence electrons. The minimum atomic E-state index is -2.00. The van der Waals surface area contributed by atoms with Gasteiger partial charge in [0.25, 0.3) is 5.91 Å². The molecule has 0 radical (unpaired) electrons. The minimum absolute atomic E-state index is 0.0121. The third-order valence-electron chi connectivity index (χ3n) is 3.35. The Morgan fingerprint density at radius 2 is 2.11 bits per heavy atom. The second-order valence-electron chi connectivity index (χ2n) is 4.41. The van der Waals surface area contributed by atoms with E-state index in [1.54, 1.807) is 24.3 Å². The summed E-state index contributed by atoms with van der Waals surface area (Å²) in [6, 6.07) is 6.71. The number of hydrogen-bond acceptors (Lipinski definition) is 5. The summed E-state index contributed by atoms with van der Waals surface area (Å²) in [4.78, 5) is 15.8. The summed E-state index contributed by atoms with van der Waals surface area (Å²) < 4.78 is 1.29. The standard InChI is InChI=1S/C12H12N4O3/c1-16-8(9(17)15-11(16)13)12(19)6-4-2-3-5-7(6)14-10(12)18/h2-5,17,19H,1H3,(H2,13,15)(H,14,18). The predicted molar refractivity (Wildman–Crippen MR) is 67.4 cm³/mol. The highest BCUT2D eigenvalue weighted by Crippen LogP contribution is 2.43. The first-order valence-corrected chi connectivity index (χ1v) is 5.61. The van der Waals surface area contributed by atoms with Gasteiger partial charge < -0.3 is 25.8 Å². The van der Waals surface area contributed by atoms with E-state index < -0.39 is 17.4 Å². The number of rotatable bonds is 1. The Kier molecular flexibility index (Phi) is 2.12. The molecule has 2 heterocycles. The van der Waals surface area contributed by atoms with Crippen molar-refractivity contribution in [1.29, 1.82) is 0 Å². The van der Waals surface area contributed by atoms with Crippen LogP contribution in [-0.2, 0) is 17.4 Å². The van der Waals surface area contributed by atoms with Gasteiger partial charge in [0.05, 0.1) is 0 Å². The average molecular weight is 260 g/mol. The molecular weight excluding hydrogens is 248 g/mol. The highest BCUT2D eigenvalue weighted by atomic mass is 16.3. The number of aromatic nitrogens is 2. The number of nitrogens with one attached hydrogen (secondary N) is 1. The fraction of sp³-hybridized carbons (Fsp3) is 0.167. The molecule has 0 fully saturated rings. The molecule has 0 saturated carbocycles. The summed E-state index contributed by atoms with van der Waals surface area (Å²) in [7, 11) is 1.52. The van der Waals surface area contributed by atoms with Gasteiger partial charge in [-0.15, -0.1) is 0 Å². The molecule has 1 aliphatic heterocycles. The first-order valence-electron chi connectivity index (χ1n) is 5.61. The first kappa shape index (κ1) is 11.5. The molecule has 5 N–H and O–H groups in total. The van der Waals surface area contributed by atoms with Gasteiger partial charge in [0.2, 0.25) is 17.4 Å². The predicted octanol–water partition coefficient (Wildman–Crippen LogP) is -0.104. The quantitative estimate of drug-likeness (QED) is 0.571. The number of nitrogens with zero attached hydrogens (tertiary/aromatic N) is 2. The Balaban J connectivity index is 2.32. The van der Waals surface area contributed by atoms with Crippen LogP contribution in [0.5, 0.6) is 5.88 Å². The minimum Gasteiger partial charge on any atom is -0.492 e. The monoisotopic (exact) mass is 260 g/mol. The van der Waals surface area contributed by atoms with Gasteiger partial charge in [-0.3, -0.25) is 4.79 Å². The number of fused-ring (bicyclic) bond motifs is 1. The van der Waals surface area contributed by atoms with Crippen molar-refractivity contribution < 1.29 is 15.0 Å². The van der Waals surface area contributed by atoms with E-state index in [0.29, 0.717) is 11.3 Å². The van der Waals surface area contributed by atoms with Crippen molar-refractivity contribution in [3.8, 4) is 5.88 Å². The number of aliphatic hydroxyl groups is 1. The fourth-order valence-corrected chi connectivity index (χ4v) is 2.38. The number of amides is 1. The fourth-order valence-electron chi connectivity index (χ4n) is 2.38. The van der Waals surface area contributed by atoms with E-state index in [1.807, 2.05) is 0 Å². The van der Waals surface area contributed by atoms with Crippen molar-refractivity contribution in [2.75, 3.05) is 11.1 Å². The maximum Gasteiger partial charge on any atom is 0.267 e. The Morgan fingerprint density at radius 1 is 1.42 bits per heavy atom. The van der Waals surface area contributed by atoms with Gasteiger partial charge in [0, 0.05) is 18.3 Å². The first-order chi connectivity index (χ1) is 8.96. The Labute approximate surface area is 108 Å². The number of anilines is 2. The zero-order valence-corrected chi connectivity index (χ0v) is 10.1. The summed E-state index contributed by atoms with van der Waals surface area (Å²) in [5.74, 6) is -1.10. The highest BCUT2D eigenvalue weighted by molar-refractivity contribution is 6.07. The molecular formula is C12H12N4O3. The summed E-state index contributed by atoms with van der Waals surface area (Å²) in [6.45, 7) is 0. The molecule has 1 unspecified atom stereocenters. The van der Waals surface area contributed by atoms with Crippen LogP contribution in [0.2, 0.25) is 0 Å². The average Bonchev–Trinajstić information content (AvgIpc) is 2.77. The van der Waals surface area contributed by atoms with Gasteiger partial charge >= 0.3 is 0 Å². The molecule has 19 heavy (non-hydrogen) atoms. The molecule has 2 aromatic rings. The summed E-state index contributed by atoms with van der Waals surface area (Å²) >= 11 is 0. The topological polar surface area (TPSA) is 113 Å². The molecule has 0 bridgehead atoms. The van der Waals surface area contributed by atoms with E-state index in [-0.39, 0.29) is 11.6 Å². The third-order valence-corrected chi connectivity index (χ3v) is 3.35. The molecule has 1 aromatic heterocycles. The zero-order chi connectivity index (χ0) is 13.8. The van der Waals surface area contributed by atoms with E-state index in [2.05, 4.69) is 10.3 Å². The number of carbonyl (C=O) groups is 1. The number of imidazole rings is 1. The summed E-state index contributed by atoms with van der Waals surface area (Å²) in [6.07, 6.45) is 0. The van der Waals surface area contributed by atoms with Crippen LogP contribution in [0, 0.1) is 0 Å². The Bertz CT molecular complexity index is 694. The van der Waals surface area contributed by atoms with Crippen molar-refractivity contribution in [3.63, 3.8) is 0 Å². The second-order valence-corrected chi connectivity index (χ2v) is 4.41. The summed E-state index contributed by atoms with van der Waals surface area (Å²) in [5, 5.41) is 23.2. The Hall–Kier alpha value is -2.54. The van der Waals surface area contributed by atoms with Crippen molar-refractivity contribution in [2.24, 2.45) is 7.05 Å². The van der Waals surface area contributed by atoms with Crippen LogP contribution in [0.4, 0.5) is 11.6 Å². The zero-order valence-electron chi connectivity index (χ0n) is 10.1. The number of nitrogen functional groups attached to an aromatic ring is 1. The van der Waals surface area contributed by atoms with Crippen molar-refractivity contribution in [1.82, 2.24) is 9.55 Å². The number of benzene rings is 1. The van der Waals surface area contributed by atoms with Crippen LogP contribution >= 0.6 is 0 Å². The molecule has 7 nitrogen and oxygen atoms in total. The largest absolute Gasteiger partial charge is 0.492 e. The number of hydrogen-bond donors (Lipinski definition) is 4. The maximum atomic E-state index is 12.1. The van der Waals surface area contributed by atoms with Crippen LogP contribution in [0.3, 0.4) is 0 Å². The van der Waals surface area contributed by atoms with Crippen LogP contribution in [0.1, 0.15) is 11.3 Å². The van der Waals surface area contributed by atoms with Crippen molar-refractivity contribution in [2.45, 2.75) is 5.60 Å². The molecule has 7 heteroatoms. The molecule has 3 rings (SSSR count). The molecule has 1 atom stereocenters. The lowest BCUT2D eigenvalue weighted by Crippen LogP contribution is -2.37. The van der Waals surface area contributed by atoms with Gasteiger partial charge in [0.15, 0.2) is 0 Å². The number of aromatic hydroxyl groups is 1. The maximum absolute atomic E-state index is 12.1. The smallest absolute Gasteiger partial charge is 0.267 e. The number of para-hydroxylation sites is 1. The van der Waals surface area contributed by atoms with Crippen molar-refractivity contribution >= 4 is 17.5 Å².